The lowest BCUT2D eigenvalue weighted by atomic mass is 9.96. The van der Waals surface area contributed by atoms with Crippen LogP contribution < -0.4 is 4.72 Å². The third kappa shape index (κ3) is 4.29. The number of amides is 1. The average molecular weight is 260 g/mol. The first-order valence-electron chi connectivity index (χ1n) is 5.67. The van der Waals surface area contributed by atoms with Crippen molar-refractivity contribution in [2.45, 2.75) is 40.0 Å². The largest absolute Gasteiger partial charge is 0.356 e. The number of hydrogen-bond acceptors (Lipinski definition) is 3. The van der Waals surface area contributed by atoms with Gasteiger partial charge >= 0.3 is 0 Å². The Kier molecular flexibility index (Phi) is 5.05. The third-order valence-corrected chi connectivity index (χ3v) is 3.75. The summed E-state index contributed by atoms with van der Waals surface area (Å²) in [6.45, 7) is 7.74. The van der Waals surface area contributed by atoms with Gasteiger partial charge in [0.25, 0.3) is 0 Å². The smallest absolute Gasteiger partial charge is 0.235 e. The van der Waals surface area contributed by atoms with Crippen LogP contribution >= 0.6 is 24.2 Å². The standard InChI is InChI=1S/C11H20N2OS2/c1-11(2,3)9(14)12-16-10(15)13-7-5-4-6-8-13/h4-8H2,1-3H3,(H,12,14). The molecule has 0 aromatic heterocycles. The second kappa shape index (κ2) is 5.87. The molecule has 3 nitrogen and oxygen atoms in total. The van der Waals surface area contributed by atoms with Crippen molar-refractivity contribution in [3.63, 3.8) is 0 Å². The van der Waals surface area contributed by atoms with Gasteiger partial charge < -0.3 is 4.90 Å². The van der Waals surface area contributed by atoms with E-state index in [-0.39, 0.29) is 11.3 Å². The zero-order chi connectivity index (χ0) is 12.2. The Morgan fingerprint density at radius 1 is 1.25 bits per heavy atom. The summed E-state index contributed by atoms with van der Waals surface area (Å²) >= 11 is 6.57. The van der Waals surface area contributed by atoms with Crippen LogP contribution in [-0.4, -0.2) is 28.2 Å². The van der Waals surface area contributed by atoms with Crippen molar-refractivity contribution in [2.75, 3.05) is 13.1 Å². The zero-order valence-corrected chi connectivity index (χ0v) is 11.8. The fourth-order valence-electron chi connectivity index (χ4n) is 1.38. The minimum Gasteiger partial charge on any atom is -0.356 e. The molecule has 1 aliphatic heterocycles. The summed E-state index contributed by atoms with van der Waals surface area (Å²) < 4.78 is 3.60. The molecule has 0 aliphatic carbocycles. The van der Waals surface area contributed by atoms with Crippen molar-refractivity contribution in [1.29, 1.82) is 0 Å². The van der Waals surface area contributed by atoms with Gasteiger partial charge in [0.15, 0.2) is 4.32 Å². The number of hydrogen-bond donors (Lipinski definition) is 1. The van der Waals surface area contributed by atoms with Gasteiger partial charge in [-0.05, 0) is 19.3 Å². The molecule has 1 rings (SSSR count). The first-order valence-corrected chi connectivity index (χ1v) is 6.90. The second-order valence-electron chi connectivity index (χ2n) is 5.10. The second-order valence-corrected chi connectivity index (χ2v) is 6.54. The summed E-state index contributed by atoms with van der Waals surface area (Å²) in [6.07, 6.45) is 3.69. The predicted molar refractivity (Wildman–Crippen MR) is 73.2 cm³/mol. The van der Waals surface area contributed by atoms with Gasteiger partial charge in [-0.15, -0.1) is 0 Å². The summed E-state index contributed by atoms with van der Waals surface area (Å²) in [7, 11) is 0. The first-order chi connectivity index (χ1) is 7.41. The molecule has 1 aliphatic rings. The molecule has 0 saturated carbocycles. The van der Waals surface area contributed by atoms with Crippen LogP contribution in [0.1, 0.15) is 40.0 Å². The van der Waals surface area contributed by atoms with Gasteiger partial charge in [0.1, 0.15) is 0 Å². The number of likely N-dealkylation sites (tertiary alicyclic amines) is 1. The normalized spacial score (nSPS) is 17.1. The van der Waals surface area contributed by atoms with E-state index in [0.29, 0.717) is 0 Å². The van der Waals surface area contributed by atoms with E-state index in [4.69, 9.17) is 12.2 Å². The molecule has 5 heteroatoms. The van der Waals surface area contributed by atoms with Gasteiger partial charge in [-0.1, -0.05) is 33.0 Å². The molecule has 1 heterocycles. The quantitative estimate of drug-likeness (QED) is 0.536. The van der Waals surface area contributed by atoms with E-state index in [0.717, 1.165) is 17.4 Å². The minimum atomic E-state index is -0.357. The van der Waals surface area contributed by atoms with E-state index < -0.39 is 0 Å². The fraction of sp³-hybridized carbons (Fsp3) is 0.818. The molecule has 1 N–H and O–H groups in total. The molecule has 1 fully saturated rings. The van der Waals surface area contributed by atoms with Gasteiger partial charge in [-0.25, -0.2) is 0 Å². The molecule has 92 valence electrons. The molecule has 0 aromatic rings. The molecular weight excluding hydrogens is 240 g/mol. The molecule has 0 radical (unpaired) electrons. The Labute approximate surface area is 107 Å². The van der Waals surface area contributed by atoms with E-state index in [1.54, 1.807) is 0 Å². The number of thiocarbonyl (C=S) groups is 1. The van der Waals surface area contributed by atoms with Crippen LogP contribution in [0, 0.1) is 5.41 Å². The van der Waals surface area contributed by atoms with Crippen molar-refractivity contribution in [2.24, 2.45) is 5.41 Å². The zero-order valence-electron chi connectivity index (χ0n) is 10.2. The fourth-order valence-corrected chi connectivity index (χ4v) is 2.49. The summed E-state index contributed by atoms with van der Waals surface area (Å²) in [4.78, 5) is 13.8. The number of carbonyl (C=O) groups is 1. The highest BCUT2D eigenvalue weighted by Crippen LogP contribution is 2.17. The van der Waals surface area contributed by atoms with Gasteiger partial charge in [0.2, 0.25) is 5.91 Å². The Balaban J connectivity index is 2.32. The van der Waals surface area contributed by atoms with Crippen molar-refractivity contribution in [3.05, 3.63) is 0 Å². The monoisotopic (exact) mass is 260 g/mol. The molecule has 1 amide bonds. The van der Waals surface area contributed by atoms with Gasteiger partial charge in [0.05, 0.1) is 0 Å². The van der Waals surface area contributed by atoms with Crippen molar-refractivity contribution in [3.8, 4) is 0 Å². The lowest BCUT2D eigenvalue weighted by molar-refractivity contribution is -0.126. The highest BCUT2D eigenvalue weighted by Gasteiger charge is 2.22. The molecule has 0 atom stereocenters. The van der Waals surface area contributed by atoms with E-state index in [1.807, 2.05) is 20.8 Å². The molecule has 16 heavy (non-hydrogen) atoms. The van der Waals surface area contributed by atoms with Gasteiger partial charge in [-0.2, -0.15) is 0 Å². The number of nitrogens with one attached hydrogen (secondary N) is 1. The van der Waals surface area contributed by atoms with E-state index in [9.17, 15) is 4.79 Å². The lowest BCUT2D eigenvalue weighted by Gasteiger charge is -2.28. The molecule has 0 bridgehead atoms. The third-order valence-electron chi connectivity index (χ3n) is 2.53. The highest BCUT2D eigenvalue weighted by atomic mass is 32.2. The van der Waals surface area contributed by atoms with Crippen LogP contribution in [0.4, 0.5) is 0 Å². The molecule has 0 spiro atoms. The summed E-state index contributed by atoms with van der Waals surface area (Å²) in [5.74, 6) is 0.0249. The molecule has 0 aromatic carbocycles. The van der Waals surface area contributed by atoms with Crippen LogP contribution in [0.2, 0.25) is 0 Å². The SMILES string of the molecule is CC(C)(C)C(=O)NSC(=S)N1CCCCC1. The van der Waals surface area contributed by atoms with Crippen LogP contribution in [0.3, 0.4) is 0 Å². The van der Waals surface area contributed by atoms with Gasteiger partial charge in [-0.3, -0.25) is 9.52 Å². The number of carbonyl (C=O) groups excluding carboxylic acids is 1. The Morgan fingerprint density at radius 2 is 1.81 bits per heavy atom. The maximum Gasteiger partial charge on any atom is 0.235 e. The number of piperidine rings is 1. The molecule has 0 unspecified atom stereocenters. The summed E-state index contributed by atoms with van der Waals surface area (Å²) in [5.41, 5.74) is -0.357. The highest BCUT2D eigenvalue weighted by molar-refractivity contribution is 8.21. The lowest BCUT2D eigenvalue weighted by Crippen LogP contribution is -2.37. The van der Waals surface area contributed by atoms with Crippen LogP contribution in [-0.2, 0) is 4.79 Å². The van der Waals surface area contributed by atoms with Crippen LogP contribution in [0.15, 0.2) is 0 Å². The summed E-state index contributed by atoms with van der Waals surface area (Å²) in [5, 5.41) is 0. The van der Waals surface area contributed by atoms with E-state index in [2.05, 4.69) is 9.62 Å². The average Bonchev–Trinajstić information content (AvgIpc) is 2.25. The van der Waals surface area contributed by atoms with Crippen molar-refractivity contribution >= 4 is 34.4 Å². The Bertz CT molecular complexity index is 268. The Hall–Kier alpha value is -0.290. The van der Waals surface area contributed by atoms with Crippen molar-refractivity contribution in [1.82, 2.24) is 9.62 Å². The molecular formula is C11H20N2OS2. The van der Waals surface area contributed by atoms with Crippen LogP contribution in [0.5, 0.6) is 0 Å². The predicted octanol–water partition coefficient (Wildman–Crippen LogP) is 2.57. The number of rotatable bonds is 0. The van der Waals surface area contributed by atoms with E-state index >= 15 is 0 Å². The summed E-state index contributed by atoms with van der Waals surface area (Å²) in [6, 6.07) is 0. The molecule has 1 saturated heterocycles. The minimum absolute atomic E-state index is 0.0249. The van der Waals surface area contributed by atoms with Crippen LogP contribution in [0.25, 0.3) is 0 Å². The topological polar surface area (TPSA) is 32.3 Å². The number of nitrogens with zero attached hydrogens (tertiary/aromatic N) is 1. The van der Waals surface area contributed by atoms with Crippen molar-refractivity contribution < 1.29 is 4.79 Å². The Morgan fingerprint density at radius 3 is 2.31 bits per heavy atom. The van der Waals surface area contributed by atoms with Gasteiger partial charge in [0, 0.05) is 30.5 Å². The maximum atomic E-state index is 11.6. The maximum absolute atomic E-state index is 11.6. The first kappa shape index (κ1) is 13.8. The van der Waals surface area contributed by atoms with E-state index in [1.165, 1.54) is 31.2 Å².